The van der Waals surface area contributed by atoms with Gasteiger partial charge in [0.1, 0.15) is 0 Å². The van der Waals surface area contributed by atoms with Crippen LogP contribution in [-0.2, 0) is 0 Å². The minimum Gasteiger partial charge on any atom is -0.465 e. The van der Waals surface area contributed by atoms with Crippen molar-refractivity contribution < 1.29 is 9.90 Å². The van der Waals surface area contributed by atoms with E-state index in [1.54, 1.807) is 5.32 Å². The second-order valence-corrected chi connectivity index (χ2v) is 1.85. The summed E-state index contributed by atoms with van der Waals surface area (Å²) in [6.45, 7) is 0. The summed E-state index contributed by atoms with van der Waals surface area (Å²) in [6.07, 6.45) is -1.23. The molecule has 7 heavy (non-hydrogen) atoms. The van der Waals surface area contributed by atoms with E-state index in [2.05, 4.69) is 0 Å². The molecule has 5 heteroatoms. The van der Waals surface area contributed by atoms with E-state index in [0.717, 1.165) is 0 Å². The van der Waals surface area contributed by atoms with Crippen molar-refractivity contribution in [2.75, 3.05) is 0 Å². The van der Waals surface area contributed by atoms with E-state index in [-0.39, 0.29) is 0 Å². The third-order valence-electron chi connectivity index (χ3n) is 0.233. The van der Waals surface area contributed by atoms with Gasteiger partial charge < -0.3 is 5.11 Å². The minimum absolute atomic E-state index is 1.03. The van der Waals surface area contributed by atoms with Crippen LogP contribution in [0.5, 0.6) is 0 Å². The Hall–Kier alpha value is -0.150. The molecule has 0 rings (SSSR count). The summed E-state index contributed by atoms with van der Waals surface area (Å²) in [6, 6.07) is 0. The molecule has 0 radical (unpaired) electrons. The fourth-order valence-corrected chi connectivity index (χ4v) is 0.280. The van der Waals surface area contributed by atoms with Crippen LogP contribution < -0.4 is 5.32 Å². The molecule has 0 aliphatic rings. The summed E-state index contributed by atoms with van der Waals surface area (Å²) >= 11 is 9.89. The molecule has 0 heterocycles. The molecule has 2 N–H and O–H groups in total. The molecule has 0 spiro atoms. The van der Waals surface area contributed by atoms with Gasteiger partial charge >= 0.3 is 6.09 Å². The van der Waals surface area contributed by atoms with Crippen LogP contribution in [0.15, 0.2) is 0 Å². The van der Waals surface area contributed by atoms with Gasteiger partial charge in [0.25, 0.3) is 0 Å². The zero-order valence-electron chi connectivity index (χ0n) is 3.19. The lowest BCUT2D eigenvalue weighted by molar-refractivity contribution is 0.195. The second kappa shape index (κ2) is 2.93. The summed E-state index contributed by atoms with van der Waals surface area (Å²) in [5, 5.41) is 9.56. The Morgan fingerprint density at radius 3 is 2.14 bits per heavy atom. The zero-order valence-corrected chi connectivity index (χ0v) is 4.70. The predicted octanol–water partition coefficient (Wildman–Crippen LogP) is 1.02. The topological polar surface area (TPSA) is 49.3 Å². The lowest BCUT2D eigenvalue weighted by Gasteiger charge is -1.95. The van der Waals surface area contributed by atoms with E-state index in [1.807, 2.05) is 0 Å². The second-order valence-electron chi connectivity index (χ2n) is 0.750. The average Bonchev–Trinajstić information content (AvgIpc) is 1.27. The normalized spacial score (nSPS) is 9.00. The fourth-order valence-electron chi connectivity index (χ4n) is 0.0933. The summed E-state index contributed by atoms with van der Waals surface area (Å²) < 4.78 is 0. The van der Waals surface area contributed by atoms with Crippen molar-refractivity contribution in [1.82, 2.24) is 5.32 Å². The van der Waals surface area contributed by atoms with Gasteiger partial charge in [-0.3, -0.25) is 5.32 Å². The van der Waals surface area contributed by atoms with E-state index in [1.165, 1.54) is 0 Å². The Balaban J connectivity index is 3.13. The van der Waals surface area contributed by atoms with E-state index >= 15 is 0 Å². The van der Waals surface area contributed by atoms with Gasteiger partial charge in [0.05, 0.1) is 0 Å². The van der Waals surface area contributed by atoms with Gasteiger partial charge in [-0.2, -0.15) is 0 Å². The van der Waals surface area contributed by atoms with Crippen LogP contribution in [0, 0.1) is 0 Å². The SMILES string of the molecule is O=C(O)NC(Cl)Cl. The number of hydrogen-bond acceptors (Lipinski definition) is 1. The number of halogens is 2. The first kappa shape index (κ1) is 6.85. The number of hydrogen-bond donors (Lipinski definition) is 2. The van der Waals surface area contributed by atoms with Crippen LogP contribution in [0.25, 0.3) is 0 Å². The highest BCUT2D eigenvalue weighted by Gasteiger charge is 1.98. The van der Waals surface area contributed by atoms with Crippen LogP contribution in [-0.4, -0.2) is 16.2 Å². The average molecular weight is 144 g/mol. The molecule has 1 amide bonds. The van der Waals surface area contributed by atoms with Crippen molar-refractivity contribution >= 4 is 29.3 Å². The maximum absolute atomic E-state index is 9.53. The standard InChI is InChI=1S/C2H3Cl2NO2/c3-1(4)5-2(6)7/h1,5H,(H,6,7). The molecule has 0 atom stereocenters. The van der Waals surface area contributed by atoms with Crippen molar-refractivity contribution in [3.8, 4) is 0 Å². The van der Waals surface area contributed by atoms with Gasteiger partial charge in [0.2, 0.25) is 0 Å². The van der Waals surface area contributed by atoms with Gasteiger partial charge in [-0.05, 0) is 0 Å². The van der Waals surface area contributed by atoms with Gasteiger partial charge in [0.15, 0.2) is 4.96 Å². The molecule has 0 bridgehead atoms. The number of alkyl halides is 2. The molecule has 42 valence electrons. The summed E-state index contributed by atoms with van der Waals surface area (Å²) in [5.74, 6) is 0. The first-order chi connectivity index (χ1) is 3.13. The molecule has 0 fully saturated rings. The maximum atomic E-state index is 9.53. The van der Waals surface area contributed by atoms with Gasteiger partial charge in [0, 0.05) is 0 Å². The van der Waals surface area contributed by atoms with Crippen LogP contribution in [0.3, 0.4) is 0 Å². The third-order valence-corrected chi connectivity index (χ3v) is 0.451. The lowest BCUT2D eigenvalue weighted by Crippen LogP contribution is -2.24. The highest BCUT2D eigenvalue weighted by Crippen LogP contribution is 1.93. The molecule has 0 aromatic carbocycles. The monoisotopic (exact) mass is 143 g/mol. The summed E-state index contributed by atoms with van der Waals surface area (Å²) in [4.78, 5) is 8.50. The molecule has 0 aliphatic heterocycles. The fraction of sp³-hybridized carbons (Fsp3) is 0.500. The smallest absolute Gasteiger partial charge is 0.406 e. The van der Waals surface area contributed by atoms with Crippen LogP contribution in [0.1, 0.15) is 0 Å². The molecule has 0 aromatic rings. The highest BCUT2D eigenvalue weighted by atomic mass is 35.5. The van der Waals surface area contributed by atoms with Crippen molar-refractivity contribution in [2.24, 2.45) is 0 Å². The Morgan fingerprint density at radius 2 is 2.14 bits per heavy atom. The van der Waals surface area contributed by atoms with E-state index in [9.17, 15) is 4.79 Å². The zero-order chi connectivity index (χ0) is 5.86. The van der Waals surface area contributed by atoms with Crippen molar-refractivity contribution in [1.29, 1.82) is 0 Å². The van der Waals surface area contributed by atoms with E-state index in [0.29, 0.717) is 0 Å². The first-order valence-corrected chi connectivity index (χ1v) is 2.28. The quantitative estimate of drug-likeness (QED) is 0.426. The molecule has 0 saturated carbocycles. The number of carboxylic acid groups (broad SMARTS) is 1. The van der Waals surface area contributed by atoms with Crippen LogP contribution >= 0.6 is 23.2 Å². The summed E-state index contributed by atoms with van der Waals surface area (Å²) in [7, 11) is 0. The van der Waals surface area contributed by atoms with Crippen molar-refractivity contribution in [3.05, 3.63) is 0 Å². The molecule has 0 aliphatic carbocycles. The van der Waals surface area contributed by atoms with Gasteiger partial charge in [-0.15, -0.1) is 0 Å². The van der Waals surface area contributed by atoms with E-state index in [4.69, 9.17) is 28.3 Å². The number of carbonyl (C=O) groups is 1. The first-order valence-electron chi connectivity index (χ1n) is 1.40. The largest absolute Gasteiger partial charge is 0.465 e. The number of amides is 1. The van der Waals surface area contributed by atoms with Gasteiger partial charge in [-0.1, -0.05) is 23.2 Å². The predicted molar refractivity (Wildman–Crippen MR) is 26.7 cm³/mol. The highest BCUT2D eigenvalue weighted by molar-refractivity contribution is 6.44. The summed E-state index contributed by atoms with van der Waals surface area (Å²) in [5.41, 5.74) is 0. The third kappa shape index (κ3) is 5.85. The van der Waals surface area contributed by atoms with E-state index < -0.39 is 11.1 Å². The number of nitrogens with one attached hydrogen (secondary N) is 1. The Morgan fingerprint density at radius 1 is 1.71 bits per heavy atom. The van der Waals surface area contributed by atoms with Crippen LogP contribution in [0.4, 0.5) is 4.79 Å². The minimum atomic E-state index is -1.23. The molecule has 0 saturated heterocycles. The molecular weight excluding hydrogens is 141 g/mol. The Kier molecular flexibility index (Phi) is 2.87. The molecule has 0 unspecified atom stereocenters. The molecular formula is C2H3Cl2NO2. The Labute approximate surface area is 50.2 Å². The lowest BCUT2D eigenvalue weighted by atomic mass is 11.1. The van der Waals surface area contributed by atoms with Crippen molar-refractivity contribution in [3.63, 3.8) is 0 Å². The number of rotatable bonds is 1. The van der Waals surface area contributed by atoms with Crippen LogP contribution in [0.2, 0.25) is 0 Å². The van der Waals surface area contributed by atoms with Crippen molar-refractivity contribution in [2.45, 2.75) is 4.96 Å². The molecule has 3 nitrogen and oxygen atoms in total. The van der Waals surface area contributed by atoms with Gasteiger partial charge in [-0.25, -0.2) is 4.79 Å². The Bertz CT molecular complexity index is 74.1. The maximum Gasteiger partial charge on any atom is 0.406 e. The molecule has 0 aromatic heterocycles.